The third-order valence-corrected chi connectivity index (χ3v) is 1.44. The van der Waals surface area contributed by atoms with Gasteiger partial charge in [-0.25, -0.2) is 0 Å². The van der Waals surface area contributed by atoms with Crippen molar-refractivity contribution >= 4 is 11.8 Å². The van der Waals surface area contributed by atoms with E-state index in [1.54, 1.807) is 7.11 Å². The van der Waals surface area contributed by atoms with Crippen LogP contribution >= 0.6 is 0 Å². The zero-order valence-corrected chi connectivity index (χ0v) is 8.00. The summed E-state index contributed by atoms with van der Waals surface area (Å²) in [4.78, 5) is 21.4. The highest BCUT2D eigenvalue weighted by Gasteiger charge is 2.08. The second-order valence-electron chi connectivity index (χ2n) is 3.01. The molecule has 0 aromatic carbocycles. The Balaban J connectivity index is 3.55. The third-order valence-electron chi connectivity index (χ3n) is 1.44. The molecule has 5 heteroatoms. The lowest BCUT2D eigenvalue weighted by Gasteiger charge is -2.09. The predicted molar refractivity (Wildman–Crippen MR) is 47.9 cm³/mol. The van der Waals surface area contributed by atoms with Crippen LogP contribution in [0.25, 0.3) is 0 Å². The number of methoxy groups -OCH3 is 1. The maximum absolute atomic E-state index is 11.1. The van der Waals surface area contributed by atoms with Crippen molar-refractivity contribution in [2.24, 2.45) is 11.7 Å². The van der Waals surface area contributed by atoms with Gasteiger partial charge in [-0.05, 0) is 5.92 Å². The molecule has 0 fully saturated rings. The summed E-state index contributed by atoms with van der Waals surface area (Å²) in [6.07, 6.45) is 0.348. The van der Waals surface area contributed by atoms with E-state index in [1.807, 2.05) is 6.92 Å². The van der Waals surface area contributed by atoms with Crippen molar-refractivity contribution in [1.29, 1.82) is 0 Å². The summed E-state index contributed by atoms with van der Waals surface area (Å²) in [6, 6.07) is 0. The van der Waals surface area contributed by atoms with Gasteiger partial charge in [-0.2, -0.15) is 0 Å². The number of ether oxygens (including phenoxy) is 1. The number of amides is 2. The molecule has 0 aliphatic rings. The minimum atomic E-state index is -0.534. The molecule has 0 radical (unpaired) electrons. The summed E-state index contributed by atoms with van der Waals surface area (Å²) in [5, 5.41) is 2.40. The van der Waals surface area contributed by atoms with Gasteiger partial charge in [-0.3, -0.25) is 9.59 Å². The number of primary amides is 1. The molecule has 5 nitrogen and oxygen atoms in total. The van der Waals surface area contributed by atoms with Gasteiger partial charge < -0.3 is 15.8 Å². The number of carbonyl (C=O) groups excluding carboxylic acids is 2. The van der Waals surface area contributed by atoms with Gasteiger partial charge >= 0.3 is 0 Å². The first-order valence-electron chi connectivity index (χ1n) is 4.10. The quantitative estimate of drug-likeness (QED) is 0.576. The topological polar surface area (TPSA) is 81.4 Å². The molecule has 0 spiro atoms. The van der Waals surface area contributed by atoms with E-state index in [9.17, 15) is 9.59 Å². The van der Waals surface area contributed by atoms with Gasteiger partial charge in [0.1, 0.15) is 0 Å². The Hall–Kier alpha value is -1.10. The second-order valence-corrected chi connectivity index (χ2v) is 3.01. The molecule has 0 aromatic rings. The van der Waals surface area contributed by atoms with Crippen LogP contribution in [-0.2, 0) is 14.3 Å². The number of nitrogens with one attached hydrogen (secondary N) is 1. The second kappa shape index (κ2) is 6.42. The van der Waals surface area contributed by atoms with Crippen molar-refractivity contribution in [2.45, 2.75) is 13.3 Å². The fraction of sp³-hybridized carbons (Fsp3) is 0.750. The Morgan fingerprint density at radius 3 is 2.62 bits per heavy atom. The van der Waals surface area contributed by atoms with Crippen molar-refractivity contribution < 1.29 is 14.3 Å². The summed E-state index contributed by atoms with van der Waals surface area (Å²) >= 11 is 0. The van der Waals surface area contributed by atoms with Crippen molar-refractivity contribution in [1.82, 2.24) is 5.32 Å². The minimum Gasteiger partial charge on any atom is -0.384 e. The number of nitrogens with two attached hydrogens (primary N) is 1. The van der Waals surface area contributed by atoms with Gasteiger partial charge in [0.05, 0.1) is 6.54 Å². The molecule has 1 atom stereocenters. The molecule has 76 valence electrons. The standard InChI is InChI=1S/C8H16N2O3/c1-6(5-13-2)3-8(12)10-4-7(9)11/h6H,3-5H2,1-2H3,(H2,9,11)(H,10,12). The fourth-order valence-corrected chi connectivity index (χ4v) is 0.918. The maximum atomic E-state index is 11.1. The lowest BCUT2D eigenvalue weighted by molar-refractivity contribution is -0.125. The molecule has 0 aliphatic heterocycles. The van der Waals surface area contributed by atoms with Crippen molar-refractivity contribution in [3.05, 3.63) is 0 Å². The first-order valence-corrected chi connectivity index (χ1v) is 4.10. The third kappa shape index (κ3) is 7.27. The highest BCUT2D eigenvalue weighted by atomic mass is 16.5. The molecule has 0 rings (SSSR count). The van der Waals surface area contributed by atoms with Crippen molar-refractivity contribution in [2.75, 3.05) is 20.3 Å². The molecule has 0 saturated carbocycles. The molecule has 0 saturated heterocycles. The van der Waals surface area contributed by atoms with E-state index in [0.29, 0.717) is 13.0 Å². The highest BCUT2D eigenvalue weighted by Crippen LogP contribution is 2.00. The van der Waals surface area contributed by atoms with Crippen LogP contribution in [0.3, 0.4) is 0 Å². The Kier molecular flexibility index (Phi) is 5.88. The van der Waals surface area contributed by atoms with E-state index in [1.165, 1.54) is 0 Å². The van der Waals surface area contributed by atoms with Crippen LogP contribution in [0.2, 0.25) is 0 Å². The van der Waals surface area contributed by atoms with E-state index in [-0.39, 0.29) is 18.4 Å². The summed E-state index contributed by atoms with van der Waals surface area (Å²) in [6.45, 7) is 2.33. The predicted octanol–water partition coefficient (Wildman–Crippen LogP) is -0.739. The monoisotopic (exact) mass is 188 g/mol. The van der Waals surface area contributed by atoms with Gasteiger partial charge in [0.25, 0.3) is 0 Å². The zero-order valence-electron chi connectivity index (χ0n) is 8.00. The van der Waals surface area contributed by atoms with E-state index >= 15 is 0 Å². The molecule has 2 amide bonds. The molecule has 13 heavy (non-hydrogen) atoms. The Labute approximate surface area is 77.6 Å². The normalized spacial score (nSPS) is 12.2. The maximum Gasteiger partial charge on any atom is 0.236 e. The lowest BCUT2D eigenvalue weighted by Crippen LogP contribution is -2.34. The molecule has 0 aromatic heterocycles. The van der Waals surface area contributed by atoms with Gasteiger partial charge in [0.15, 0.2) is 0 Å². The smallest absolute Gasteiger partial charge is 0.236 e. The van der Waals surface area contributed by atoms with Crippen LogP contribution in [0.15, 0.2) is 0 Å². The van der Waals surface area contributed by atoms with Crippen LogP contribution in [0.1, 0.15) is 13.3 Å². The van der Waals surface area contributed by atoms with Crippen molar-refractivity contribution in [3.63, 3.8) is 0 Å². The first kappa shape index (κ1) is 11.9. The average Bonchev–Trinajstić information content (AvgIpc) is 2.01. The van der Waals surface area contributed by atoms with Gasteiger partial charge in [-0.1, -0.05) is 6.92 Å². The molecular formula is C8H16N2O3. The summed E-state index contributed by atoms with van der Waals surface area (Å²) in [7, 11) is 1.58. The molecule has 0 aliphatic carbocycles. The Bertz CT molecular complexity index is 182. The van der Waals surface area contributed by atoms with Crippen LogP contribution in [0.4, 0.5) is 0 Å². The Morgan fingerprint density at radius 2 is 2.15 bits per heavy atom. The average molecular weight is 188 g/mol. The summed E-state index contributed by atoms with van der Waals surface area (Å²) in [5.41, 5.74) is 4.85. The molecule has 3 N–H and O–H groups in total. The Morgan fingerprint density at radius 1 is 1.54 bits per heavy atom. The summed E-state index contributed by atoms with van der Waals surface area (Å²) in [5.74, 6) is -0.561. The largest absolute Gasteiger partial charge is 0.384 e. The SMILES string of the molecule is COCC(C)CC(=O)NCC(N)=O. The molecule has 0 bridgehead atoms. The van der Waals surface area contributed by atoms with Crippen molar-refractivity contribution in [3.8, 4) is 0 Å². The zero-order chi connectivity index (χ0) is 10.3. The van der Waals surface area contributed by atoms with Gasteiger partial charge in [-0.15, -0.1) is 0 Å². The molecule has 1 unspecified atom stereocenters. The van der Waals surface area contributed by atoms with E-state index < -0.39 is 5.91 Å². The minimum absolute atomic E-state index is 0.0987. The number of hydrogen-bond donors (Lipinski definition) is 2. The number of hydrogen-bond acceptors (Lipinski definition) is 3. The first-order chi connectivity index (χ1) is 6.06. The van der Waals surface area contributed by atoms with E-state index in [0.717, 1.165) is 0 Å². The van der Waals surface area contributed by atoms with Crippen LogP contribution < -0.4 is 11.1 Å². The molecular weight excluding hydrogens is 172 g/mol. The fourth-order valence-electron chi connectivity index (χ4n) is 0.918. The van der Waals surface area contributed by atoms with Crippen LogP contribution in [0.5, 0.6) is 0 Å². The van der Waals surface area contributed by atoms with Crippen LogP contribution in [0, 0.1) is 5.92 Å². The number of rotatable bonds is 6. The lowest BCUT2D eigenvalue weighted by atomic mass is 10.1. The van der Waals surface area contributed by atoms with Crippen LogP contribution in [-0.4, -0.2) is 32.1 Å². The highest BCUT2D eigenvalue weighted by molar-refractivity contribution is 5.83. The van der Waals surface area contributed by atoms with Gasteiger partial charge in [0, 0.05) is 20.1 Å². The molecule has 0 heterocycles. The number of carbonyl (C=O) groups is 2. The van der Waals surface area contributed by atoms with E-state index in [2.05, 4.69) is 5.32 Å². The van der Waals surface area contributed by atoms with Gasteiger partial charge in [0.2, 0.25) is 11.8 Å². The van der Waals surface area contributed by atoms with E-state index in [4.69, 9.17) is 10.5 Å². The summed E-state index contributed by atoms with van der Waals surface area (Å²) < 4.78 is 4.86.